The third-order valence-electron chi connectivity index (χ3n) is 3.93. The highest BCUT2D eigenvalue weighted by Crippen LogP contribution is 2.32. The molecule has 1 aliphatic carbocycles. The second-order valence-electron chi connectivity index (χ2n) is 5.82. The number of nitrogens with zero attached hydrogens (tertiary/aromatic N) is 2. The van der Waals surface area contributed by atoms with Crippen LogP contribution in [0.1, 0.15) is 19.3 Å². The van der Waals surface area contributed by atoms with Crippen LogP contribution in [-0.2, 0) is 0 Å². The molecule has 1 saturated carbocycles. The van der Waals surface area contributed by atoms with Gasteiger partial charge < -0.3 is 25.4 Å². The largest absolute Gasteiger partial charge is 0.490 e. The molecule has 0 radical (unpaired) electrons. The van der Waals surface area contributed by atoms with Crippen molar-refractivity contribution in [2.75, 3.05) is 38.7 Å². The molecular formula is C16H25IN4O2. The van der Waals surface area contributed by atoms with Gasteiger partial charge in [-0.25, -0.2) is 0 Å². The Labute approximate surface area is 154 Å². The zero-order chi connectivity index (χ0) is 15.4. The maximum Gasteiger partial charge on any atom is 0.193 e. The van der Waals surface area contributed by atoms with Gasteiger partial charge in [0.15, 0.2) is 17.5 Å². The Morgan fingerprint density at radius 1 is 1.30 bits per heavy atom. The number of nitrogens with one attached hydrogen (secondary N) is 1. The van der Waals surface area contributed by atoms with Gasteiger partial charge in [-0.15, -0.1) is 24.0 Å². The number of hydrogen-bond donors (Lipinski definition) is 2. The lowest BCUT2D eigenvalue weighted by molar-refractivity contribution is 0.297. The normalized spacial score (nSPS) is 17.4. The van der Waals surface area contributed by atoms with Crippen LogP contribution < -0.4 is 20.5 Å². The quantitative estimate of drug-likeness (QED) is 0.425. The van der Waals surface area contributed by atoms with E-state index in [1.54, 1.807) is 0 Å². The van der Waals surface area contributed by atoms with Crippen LogP contribution in [-0.4, -0.2) is 50.3 Å². The van der Waals surface area contributed by atoms with Crippen LogP contribution in [0.3, 0.4) is 0 Å². The van der Waals surface area contributed by atoms with Gasteiger partial charge in [0, 0.05) is 30.8 Å². The number of ether oxygens (including phenoxy) is 2. The van der Waals surface area contributed by atoms with Crippen molar-refractivity contribution in [2.45, 2.75) is 25.3 Å². The summed E-state index contributed by atoms with van der Waals surface area (Å²) in [6, 6.07) is 6.48. The number of nitrogens with two attached hydrogens (primary N) is 1. The zero-order valence-electron chi connectivity index (χ0n) is 13.5. The first-order chi connectivity index (χ1) is 10.7. The molecule has 1 heterocycles. The monoisotopic (exact) mass is 432 g/mol. The molecule has 0 bridgehead atoms. The van der Waals surface area contributed by atoms with Crippen molar-refractivity contribution in [3.05, 3.63) is 18.2 Å². The van der Waals surface area contributed by atoms with Crippen molar-refractivity contribution in [3.63, 3.8) is 0 Å². The standard InChI is InChI=1S/C16H24N4O2.HI/c1-20(13-4-5-13)8-7-18-16(17)19-12-3-6-14-15(11-12)22-10-2-9-21-14;/h3,6,11,13H,2,4-5,7-10H2,1H3,(H3,17,18,19);1H. The summed E-state index contributed by atoms with van der Waals surface area (Å²) in [5.41, 5.74) is 6.80. The smallest absolute Gasteiger partial charge is 0.193 e. The van der Waals surface area contributed by atoms with E-state index in [2.05, 4.69) is 22.3 Å². The fraction of sp³-hybridized carbons (Fsp3) is 0.562. The second kappa shape index (κ2) is 8.58. The van der Waals surface area contributed by atoms with Crippen LogP contribution in [0.15, 0.2) is 23.2 Å². The molecule has 1 aromatic carbocycles. The lowest BCUT2D eigenvalue weighted by Gasteiger charge is -2.14. The molecule has 0 atom stereocenters. The highest BCUT2D eigenvalue weighted by molar-refractivity contribution is 14.0. The van der Waals surface area contributed by atoms with Crippen molar-refractivity contribution < 1.29 is 9.47 Å². The number of hydrogen-bond acceptors (Lipinski definition) is 4. The summed E-state index contributed by atoms with van der Waals surface area (Å²) >= 11 is 0. The van der Waals surface area contributed by atoms with Crippen molar-refractivity contribution in [3.8, 4) is 11.5 Å². The molecule has 1 aliphatic heterocycles. The molecule has 6 nitrogen and oxygen atoms in total. The van der Waals surface area contributed by atoms with Gasteiger partial charge in [0.05, 0.1) is 19.8 Å². The molecule has 2 aliphatic rings. The summed E-state index contributed by atoms with van der Waals surface area (Å²) in [5, 5.41) is 3.10. The zero-order valence-corrected chi connectivity index (χ0v) is 15.8. The van der Waals surface area contributed by atoms with Crippen LogP contribution in [0.4, 0.5) is 5.69 Å². The van der Waals surface area contributed by atoms with E-state index in [9.17, 15) is 0 Å². The Morgan fingerprint density at radius 2 is 2.04 bits per heavy atom. The summed E-state index contributed by atoms with van der Waals surface area (Å²) in [4.78, 5) is 6.71. The number of rotatable bonds is 5. The van der Waals surface area contributed by atoms with E-state index in [-0.39, 0.29) is 24.0 Å². The third-order valence-corrected chi connectivity index (χ3v) is 3.93. The molecule has 7 heteroatoms. The molecule has 0 saturated heterocycles. The molecule has 128 valence electrons. The average molecular weight is 432 g/mol. The lowest BCUT2D eigenvalue weighted by Crippen LogP contribution is -2.27. The van der Waals surface area contributed by atoms with Crippen LogP contribution in [0, 0.1) is 0 Å². The van der Waals surface area contributed by atoms with Gasteiger partial charge in [0.25, 0.3) is 0 Å². The van der Waals surface area contributed by atoms with E-state index in [1.807, 2.05) is 18.2 Å². The molecule has 1 fully saturated rings. The Bertz CT molecular complexity index is 549. The van der Waals surface area contributed by atoms with E-state index in [1.165, 1.54) is 12.8 Å². The Kier molecular flexibility index (Phi) is 6.76. The summed E-state index contributed by atoms with van der Waals surface area (Å²) in [7, 11) is 2.14. The number of fused-ring (bicyclic) bond motifs is 1. The number of benzene rings is 1. The molecule has 1 aromatic rings. The number of likely N-dealkylation sites (N-methyl/N-ethyl adjacent to an activating group) is 1. The Morgan fingerprint density at radius 3 is 2.78 bits per heavy atom. The van der Waals surface area contributed by atoms with E-state index in [0.29, 0.717) is 25.7 Å². The van der Waals surface area contributed by atoms with Gasteiger partial charge in [0.2, 0.25) is 0 Å². The Hall–Kier alpha value is -1.22. The fourth-order valence-electron chi connectivity index (χ4n) is 2.45. The summed E-state index contributed by atoms with van der Waals surface area (Å²) < 4.78 is 11.3. The highest BCUT2D eigenvalue weighted by Gasteiger charge is 2.25. The molecule has 3 rings (SSSR count). The van der Waals surface area contributed by atoms with E-state index < -0.39 is 0 Å². The van der Waals surface area contributed by atoms with E-state index in [4.69, 9.17) is 15.2 Å². The van der Waals surface area contributed by atoms with Gasteiger partial charge >= 0.3 is 0 Å². The van der Waals surface area contributed by atoms with Gasteiger partial charge in [-0.05, 0) is 32.0 Å². The first-order valence-electron chi connectivity index (χ1n) is 7.89. The number of guanidine groups is 1. The predicted octanol–water partition coefficient (Wildman–Crippen LogP) is 2.29. The molecule has 0 spiro atoms. The average Bonchev–Trinajstić information content (AvgIpc) is 3.34. The van der Waals surface area contributed by atoms with Crippen LogP contribution in [0.25, 0.3) is 0 Å². The fourth-order valence-corrected chi connectivity index (χ4v) is 2.45. The van der Waals surface area contributed by atoms with Crippen molar-refractivity contribution >= 4 is 35.6 Å². The molecule has 3 N–H and O–H groups in total. The van der Waals surface area contributed by atoms with Gasteiger partial charge in [-0.3, -0.25) is 4.99 Å². The number of anilines is 1. The van der Waals surface area contributed by atoms with Crippen molar-refractivity contribution in [1.29, 1.82) is 0 Å². The first-order valence-corrected chi connectivity index (χ1v) is 7.89. The van der Waals surface area contributed by atoms with Gasteiger partial charge in [0.1, 0.15) is 0 Å². The SMILES string of the molecule is CN(CCN=C(N)Nc1ccc2c(c1)OCCCO2)C1CC1.I. The third kappa shape index (κ3) is 5.42. The molecule has 0 unspecified atom stereocenters. The van der Waals surface area contributed by atoms with Crippen molar-refractivity contribution in [2.24, 2.45) is 10.7 Å². The van der Waals surface area contributed by atoms with Gasteiger partial charge in [-0.2, -0.15) is 0 Å². The van der Waals surface area contributed by atoms with E-state index >= 15 is 0 Å². The minimum atomic E-state index is 0. The maximum atomic E-state index is 5.94. The minimum Gasteiger partial charge on any atom is -0.490 e. The van der Waals surface area contributed by atoms with Crippen LogP contribution in [0.5, 0.6) is 11.5 Å². The van der Waals surface area contributed by atoms with Crippen LogP contribution >= 0.6 is 24.0 Å². The molecule has 23 heavy (non-hydrogen) atoms. The summed E-state index contributed by atoms with van der Waals surface area (Å²) in [6.07, 6.45) is 3.52. The van der Waals surface area contributed by atoms with E-state index in [0.717, 1.165) is 36.2 Å². The number of halogens is 1. The molecule has 0 aromatic heterocycles. The maximum absolute atomic E-state index is 5.94. The summed E-state index contributed by atoms with van der Waals surface area (Å²) in [5.74, 6) is 1.96. The van der Waals surface area contributed by atoms with Gasteiger partial charge in [-0.1, -0.05) is 0 Å². The second-order valence-corrected chi connectivity index (χ2v) is 5.82. The lowest BCUT2D eigenvalue weighted by atomic mass is 10.3. The first kappa shape index (κ1) is 18.1. The molecule has 0 amide bonds. The summed E-state index contributed by atoms with van der Waals surface area (Å²) in [6.45, 7) is 3.01. The predicted molar refractivity (Wildman–Crippen MR) is 103 cm³/mol. The Balaban J connectivity index is 0.00000192. The van der Waals surface area contributed by atoms with Crippen LogP contribution in [0.2, 0.25) is 0 Å². The highest BCUT2D eigenvalue weighted by atomic mass is 127. The number of aliphatic imine (C=N–C) groups is 1. The topological polar surface area (TPSA) is 72.1 Å². The van der Waals surface area contributed by atoms with Crippen molar-refractivity contribution in [1.82, 2.24) is 4.90 Å². The minimum absolute atomic E-state index is 0. The molecular weight excluding hydrogens is 407 g/mol.